The van der Waals surface area contributed by atoms with Crippen molar-refractivity contribution in [3.8, 4) is 0 Å². The molecule has 0 saturated heterocycles. The lowest BCUT2D eigenvalue weighted by Gasteiger charge is -2.00. The maximum absolute atomic E-state index is 5.96. The summed E-state index contributed by atoms with van der Waals surface area (Å²) < 4.78 is 5.32. The van der Waals surface area contributed by atoms with Crippen LogP contribution < -0.4 is 5.32 Å². The third-order valence-corrected chi connectivity index (χ3v) is 5.54. The average molecular weight is 356 g/mol. The molecule has 0 aliphatic rings. The Labute approximate surface area is 138 Å². The van der Waals surface area contributed by atoms with E-state index in [0.717, 1.165) is 21.7 Å². The number of benzene rings is 1. The van der Waals surface area contributed by atoms with E-state index < -0.39 is 0 Å². The van der Waals surface area contributed by atoms with E-state index >= 15 is 0 Å². The van der Waals surface area contributed by atoms with Crippen molar-refractivity contribution in [3.05, 3.63) is 45.9 Å². The fourth-order valence-electron chi connectivity index (χ4n) is 1.53. The van der Waals surface area contributed by atoms with Gasteiger partial charge in [0.05, 0.1) is 0 Å². The molecule has 0 atom stereocenters. The molecule has 0 spiro atoms. The number of thioether (sulfide) groups is 1. The van der Waals surface area contributed by atoms with Gasteiger partial charge >= 0.3 is 0 Å². The number of hydrogen-bond donors (Lipinski definition) is 1. The topological polar surface area (TPSA) is 63.6 Å². The molecule has 0 aliphatic carbocycles. The minimum atomic E-state index is 0.634. The van der Waals surface area contributed by atoms with Gasteiger partial charge in [-0.25, -0.2) is 0 Å². The molecule has 3 aromatic rings. The summed E-state index contributed by atoms with van der Waals surface area (Å²) in [6.45, 7) is 0.738. The van der Waals surface area contributed by atoms with Crippen LogP contribution in [0.25, 0.3) is 0 Å². The number of nitrogens with zero attached hydrogens (tertiary/aromatic N) is 4. The van der Waals surface area contributed by atoms with Gasteiger partial charge in [0.2, 0.25) is 5.13 Å². The second kappa shape index (κ2) is 7.17. The Balaban J connectivity index is 1.53. The van der Waals surface area contributed by atoms with Crippen LogP contribution >= 0.6 is 46.2 Å². The molecular weight excluding hydrogens is 346 g/mol. The summed E-state index contributed by atoms with van der Waals surface area (Å²) in [6.07, 6.45) is 0. The van der Waals surface area contributed by atoms with Gasteiger partial charge in [-0.15, -0.1) is 15.3 Å². The Morgan fingerprint density at radius 1 is 1.14 bits per heavy atom. The summed E-state index contributed by atoms with van der Waals surface area (Å²) in [7, 11) is 0. The third kappa shape index (κ3) is 4.13. The van der Waals surface area contributed by atoms with E-state index in [-0.39, 0.29) is 0 Å². The lowest BCUT2D eigenvalue weighted by atomic mass is 10.2. The van der Waals surface area contributed by atoms with Gasteiger partial charge in [-0.1, -0.05) is 69.5 Å². The van der Waals surface area contributed by atoms with Gasteiger partial charge in [0.1, 0.15) is 10.0 Å². The highest BCUT2D eigenvalue weighted by Crippen LogP contribution is 2.30. The van der Waals surface area contributed by atoms with Gasteiger partial charge in [-0.05, 0) is 5.56 Å². The molecule has 0 radical (unpaired) electrons. The van der Waals surface area contributed by atoms with Gasteiger partial charge in [0.15, 0.2) is 4.34 Å². The van der Waals surface area contributed by atoms with Gasteiger partial charge < -0.3 is 5.32 Å². The number of nitrogens with one attached hydrogen (secondary N) is 1. The van der Waals surface area contributed by atoms with Crippen molar-refractivity contribution in [2.45, 2.75) is 16.6 Å². The fraction of sp³-hybridized carbons (Fsp3) is 0.167. The fourth-order valence-corrected chi connectivity index (χ4v) is 4.01. The first-order valence-corrected chi connectivity index (χ1v) is 8.97. The van der Waals surface area contributed by atoms with Crippen LogP contribution in [0.4, 0.5) is 5.13 Å². The lowest BCUT2D eigenvalue weighted by molar-refractivity contribution is 0.993. The zero-order valence-electron chi connectivity index (χ0n) is 10.7. The second-order valence-corrected chi connectivity index (χ2v) is 7.55. The zero-order chi connectivity index (χ0) is 14.5. The number of rotatable bonds is 6. The van der Waals surface area contributed by atoms with Crippen molar-refractivity contribution < 1.29 is 0 Å². The average Bonchev–Trinajstić information content (AvgIpc) is 3.13. The summed E-state index contributed by atoms with van der Waals surface area (Å²) in [5.74, 6) is 0.655. The zero-order valence-corrected chi connectivity index (χ0v) is 13.9. The highest BCUT2D eigenvalue weighted by molar-refractivity contribution is 8.00. The van der Waals surface area contributed by atoms with Crippen LogP contribution in [-0.2, 0) is 12.3 Å². The number of anilines is 1. The highest BCUT2D eigenvalue weighted by Gasteiger charge is 2.09. The Morgan fingerprint density at radius 2 is 2.00 bits per heavy atom. The van der Waals surface area contributed by atoms with Gasteiger partial charge in [-0.2, -0.15) is 0 Å². The van der Waals surface area contributed by atoms with E-state index in [4.69, 9.17) is 11.6 Å². The van der Waals surface area contributed by atoms with Crippen molar-refractivity contribution in [3.63, 3.8) is 0 Å². The van der Waals surface area contributed by atoms with E-state index in [2.05, 4.69) is 37.2 Å². The van der Waals surface area contributed by atoms with E-state index in [1.54, 1.807) is 11.8 Å². The predicted octanol–water partition coefficient (Wildman–Crippen LogP) is 3.95. The van der Waals surface area contributed by atoms with Crippen LogP contribution in [0.3, 0.4) is 0 Å². The first-order valence-electron chi connectivity index (χ1n) is 6.02. The molecule has 0 unspecified atom stereocenters. The van der Waals surface area contributed by atoms with E-state index in [1.807, 2.05) is 18.2 Å². The Kier molecular flexibility index (Phi) is 5.02. The summed E-state index contributed by atoms with van der Waals surface area (Å²) in [5.41, 5.74) is 2.00. The van der Waals surface area contributed by atoms with Crippen LogP contribution in [0.15, 0.2) is 34.7 Å². The monoisotopic (exact) mass is 355 g/mol. The molecule has 3 rings (SSSR count). The first-order chi connectivity index (χ1) is 10.3. The molecule has 0 amide bonds. The molecule has 108 valence electrons. The smallest absolute Gasteiger partial charge is 0.206 e. The van der Waals surface area contributed by atoms with E-state index in [0.29, 0.717) is 10.1 Å². The molecule has 2 aromatic heterocycles. The SMILES string of the molecule is Clc1snnc1CSc1nnc(NCc2ccccc2)s1. The number of hydrogen-bond acceptors (Lipinski definition) is 8. The van der Waals surface area contributed by atoms with Crippen molar-refractivity contribution in [2.75, 3.05) is 5.32 Å². The third-order valence-electron chi connectivity index (χ3n) is 2.53. The number of halogens is 1. The second-order valence-electron chi connectivity index (χ2n) is 3.99. The Hall–Kier alpha value is -1.22. The highest BCUT2D eigenvalue weighted by atomic mass is 35.5. The molecule has 9 heteroatoms. The van der Waals surface area contributed by atoms with E-state index in [1.165, 1.54) is 28.4 Å². The van der Waals surface area contributed by atoms with Crippen LogP contribution in [0.1, 0.15) is 11.3 Å². The van der Waals surface area contributed by atoms with Gasteiger partial charge in [0.25, 0.3) is 0 Å². The van der Waals surface area contributed by atoms with Crippen molar-refractivity contribution in [1.29, 1.82) is 0 Å². The maximum atomic E-state index is 5.96. The molecule has 0 fully saturated rings. The standard InChI is InChI=1S/C12H10ClN5S3/c13-10-9(15-18-21-10)7-19-12-17-16-11(20-12)14-6-8-4-2-1-3-5-8/h1-5H,6-7H2,(H,14,16). The predicted molar refractivity (Wildman–Crippen MR) is 88.2 cm³/mol. The number of aromatic nitrogens is 4. The largest absolute Gasteiger partial charge is 0.356 e. The molecular formula is C12H10ClN5S3. The van der Waals surface area contributed by atoms with Crippen LogP contribution in [0.2, 0.25) is 4.34 Å². The lowest BCUT2D eigenvalue weighted by Crippen LogP contribution is -1.98. The van der Waals surface area contributed by atoms with Crippen molar-refractivity contribution in [2.24, 2.45) is 0 Å². The van der Waals surface area contributed by atoms with E-state index in [9.17, 15) is 0 Å². The maximum Gasteiger partial charge on any atom is 0.206 e. The molecule has 1 N–H and O–H groups in total. The molecule has 0 bridgehead atoms. The van der Waals surface area contributed by atoms with Gasteiger partial charge in [-0.3, -0.25) is 0 Å². The molecule has 1 aromatic carbocycles. The molecule has 2 heterocycles. The normalized spacial score (nSPS) is 10.7. The van der Waals surface area contributed by atoms with Crippen molar-refractivity contribution >= 4 is 51.4 Å². The molecule has 21 heavy (non-hydrogen) atoms. The van der Waals surface area contributed by atoms with Crippen molar-refractivity contribution in [1.82, 2.24) is 19.8 Å². The summed E-state index contributed by atoms with van der Waals surface area (Å²) in [6, 6.07) is 10.2. The summed E-state index contributed by atoms with van der Waals surface area (Å²) in [5, 5.41) is 16.3. The summed E-state index contributed by atoms with van der Waals surface area (Å²) >= 11 is 10.2. The Bertz CT molecular complexity index is 700. The molecule has 0 aliphatic heterocycles. The van der Waals surface area contributed by atoms with Crippen LogP contribution in [0, 0.1) is 0 Å². The quantitative estimate of drug-likeness (QED) is 0.675. The molecule has 5 nitrogen and oxygen atoms in total. The van der Waals surface area contributed by atoms with Crippen LogP contribution in [0.5, 0.6) is 0 Å². The first kappa shape index (κ1) is 14.7. The Morgan fingerprint density at radius 3 is 2.76 bits per heavy atom. The molecule has 0 saturated carbocycles. The van der Waals surface area contributed by atoms with Gasteiger partial charge in [0, 0.05) is 23.8 Å². The van der Waals surface area contributed by atoms with Crippen LogP contribution in [-0.4, -0.2) is 19.8 Å². The summed E-state index contributed by atoms with van der Waals surface area (Å²) in [4.78, 5) is 0. The minimum absolute atomic E-state index is 0.634. The minimum Gasteiger partial charge on any atom is -0.356 e.